The first-order valence-corrected chi connectivity index (χ1v) is 9.09. The van der Waals surface area contributed by atoms with Gasteiger partial charge in [0.25, 0.3) is 0 Å². The van der Waals surface area contributed by atoms with E-state index in [1.165, 1.54) is 13.3 Å². The van der Waals surface area contributed by atoms with Crippen molar-refractivity contribution in [2.75, 3.05) is 20.3 Å². The van der Waals surface area contributed by atoms with Crippen LogP contribution in [0.5, 0.6) is 0 Å². The molecule has 2 saturated heterocycles. The molecule has 0 aliphatic carbocycles. The SMILES string of the molecule is COC(=O)c1cn(C2COC3C(NC(=O)Cc4cccs4)COC32)nn1. The molecule has 0 spiro atoms. The van der Waals surface area contributed by atoms with Gasteiger partial charge in [-0.1, -0.05) is 11.3 Å². The normalized spacial score (nSPS) is 27.3. The summed E-state index contributed by atoms with van der Waals surface area (Å²) >= 11 is 1.55. The zero-order chi connectivity index (χ0) is 18.1. The Balaban J connectivity index is 1.38. The average Bonchev–Trinajstić information content (AvgIpc) is 3.39. The molecule has 2 aliphatic heterocycles. The summed E-state index contributed by atoms with van der Waals surface area (Å²) < 4.78 is 17.9. The van der Waals surface area contributed by atoms with Gasteiger partial charge < -0.3 is 19.5 Å². The summed E-state index contributed by atoms with van der Waals surface area (Å²) in [6.07, 6.45) is 1.36. The third-order valence-corrected chi connectivity index (χ3v) is 5.41. The summed E-state index contributed by atoms with van der Waals surface area (Å²) in [7, 11) is 1.29. The Kier molecular flexibility index (Phi) is 4.70. The zero-order valence-electron chi connectivity index (χ0n) is 14.0. The molecule has 9 nitrogen and oxygen atoms in total. The summed E-state index contributed by atoms with van der Waals surface area (Å²) in [5.41, 5.74) is 0.134. The lowest BCUT2D eigenvalue weighted by Gasteiger charge is -2.17. The standard InChI is InChI=1S/C16H18N4O5S/c1-23-16(22)10-6-20(19-18-10)12-8-25-14-11(7-24-15(12)14)17-13(21)5-9-3-2-4-26-9/h2-4,6,11-12,14-15H,5,7-8H2,1H3,(H,17,21). The largest absolute Gasteiger partial charge is 0.464 e. The molecule has 26 heavy (non-hydrogen) atoms. The van der Waals surface area contributed by atoms with Crippen molar-refractivity contribution in [1.29, 1.82) is 0 Å². The molecule has 0 saturated carbocycles. The monoisotopic (exact) mass is 378 g/mol. The van der Waals surface area contributed by atoms with Crippen LogP contribution in [0.1, 0.15) is 21.4 Å². The number of ether oxygens (including phenoxy) is 3. The van der Waals surface area contributed by atoms with Crippen molar-refractivity contribution in [2.24, 2.45) is 0 Å². The topological polar surface area (TPSA) is 105 Å². The van der Waals surface area contributed by atoms with Crippen LogP contribution in [0.2, 0.25) is 0 Å². The summed E-state index contributed by atoms with van der Waals surface area (Å²) in [6.45, 7) is 0.747. The van der Waals surface area contributed by atoms with Crippen molar-refractivity contribution >= 4 is 23.2 Å². The maximum Gasteiger partial charge on any atom is 0.360 e. The van der Waals surface area contributed by atoms with Gasteiger partial charge in [0.15, 0.2) is 5.69 Å². The molecule has 0 aromatic carbocycles. The van der Waals surface area contributed by atoms with E-state index in [1.54, 1.807) is 16.0 Å². The molecule has 2 aromatic rings. The van der Waals surface area contributed by atoms with E-state index in [0.717, 1.165) is 4.88 Å². The van der Waals surface area contributed by atoms with Crippen molar-refractivity contribution in [3.05, 3.63) is 34.3 Å². The van der Waals surface area contributed by atoms with E-state index < -0.39 is 5.97 Å². The van der Waals surface area contributed by atoms with Crippen LogP contribution in [0.3, 0.4) is 0 Å². The first-order valence-electron chi connectivity index (χ1n) is 8.21. The van der Waals surface area contributed by atoms with Crippen LogP contribution < -0.4 is 5.32 Å². The van der Waals surface area contributed by atoms with E-state index in [9.17, 15) is 9.59 Å². The van der Waals surface area contributed by atoms with E-state index in [0.29, 0.717) is 19.6 Å². The Bertz CT molecular complexity index is 792. The highest BCUT2D eigenvalue weighted by atomic mass is 32.1. The summed E-state index contributed by atoms with van der Waals surface area (Å²) in [6, 6.07) is 3.45. The number of amides is 1. The quantitative estimate of drug-likeness (QED) is 0.741. The molecule has 10 heteroatoms. The number of hydrogen-bond acceptors (Lipinski definition) is 8. The molecule has 0 bridgehead atoms. The van der Waals surface area contributed by atoms with Gasteiger partial charge in [0.2, 0.25) is 5.91 Å². The third-order valence-electron chi connectivity index (χ3n) is 4.53. The van der Waals surface area contributed by atoms with Gasteiger partial charge in [-0.2, -0.15) is 0 Å². The van der Waals surface area contributed by atoms with Crippen LogP contribution in [0.4, 0.5) is 0 Å². The van der Waals surface area contributed by atoms with Crippen LogP contribution in [0.15, 0.2) is 23.7 Å². The maximum atomic E-state index is 12.2. The van der Waals surface area contributed by atoms with E-state index in [2.05, 4.69) is 20.4 Å². The first-order chi connectivity index (χ1) is 12.7. The van der Waals surface area contributed by atoms with Gasteiger partial charge in [-0.05, 0) is 11.4 Å². The molecule has 138 valence electrons. The minimum absolute atomic E-state index is 0.0533. The molecule has 4 heterocycles. The van der Waals surface area contributed by atoms with Crippen molar-refractivity contribution in [3.63, 3.8) is 0 Å². The van der Waals surface area contributed by atoms with E-state index >= 15 is 0 Å². The molecule has 1 amide bonds. The van der Waals surface area contributed by atoms with Crippen LogP contribution in [0.25, 0.3) is 0 Å². The molecular weight excluding hydrogens is 360 g/mol. The van der Waals surface area contributed by atoms with E-state index in [1.807, 2.05) is 17.5 Å². The van der Waals surface area contributed by atoms with Gasteiger partial charge in [0, 0.05) is 4.88 Å². The molecule has 4 unspecified atom stereocenters. The molecule has 2 aliphatic rings. The number of methoxy groups -OCH3 is 1. The minimum Gasteiger partial charge on any atom is -0.464 e. The van der Waals surface area contributed by atoms with Crippen LogP contribution in [-0.2, 0) is 25.4 Å². The molecule has 4 atom stereocenters. The van der Waals surface area contributed by atoms with Crippen LogP contribution in [0, 0.1) is 0 Å². The van der Waals surface area contributed by atoms with Gasteiger partial charge in [-0.3, -0.25) is 4.79 Å². The fourth-order valence-electron chi connectivity index (χ4n) is 3.30. The fraction of sp³-hybridized carbons (Fsp3) is 0.500. The Morgan fingerprint density at radius 2 is 2.23 bits per heavy atom. The minimum atomic E-state index is -0.544. The van der Waals surface area contributed by atoms with Crippen LogP contribution >= 0.6 is 11.3 Å². The van der Waals surface area contributed by atoms with Gasteiger partial charge in [-0.15, -0.1) is 16.4 Å². The van der Waals surface area contributed by atoms with Gasteiger partial charge in [0.1, 0.15) is 18.2 Å². The second-order valence-electron chi connectivity index (χ2n) is 6.17. The summed E-state index contributed by atoms with van der Waals surface area (Å²) in [5, 5.41) is 12.7. The van der Waals surface area contributed by atoms with Crippen molar-refractivity contribution in [1.82, 2.24) is 20.3 Å². The van der Waals surface area contributed by atoms with Crippen molar-refractivity contribution < 1.29 is 23.8 Å². The lowest BCUT2D eigenvalue weighted by atomic mass is 10.1. The lowest BCUT2D eigenvalue weighted by Crippen LogP contribution is -2.44. The molecule has 1 N–H and O–H groups in total. The van der Waals surface area contributed by atoms with Crippen molar-refractivity contribution in [3.8, 4) is 0 Å². The number of nitrogens with zero attached hydrogens (tertiary/aromatic N) is 3. The fourth-order valence-corrected chi connectivity index (χ4v) is 4.00. The Labute approximate surface area is 153 Å². The van der Waals surface area contributed by atoms with Crippen molar-refractivity contribution in [2.45, 2.75) is 30.7 Å². The zero-order valence-corrected chi connectivity index (χ0v) is 14.8. The Morgan fingerprint density at radius 1 is 1.38 bits per heavy atom. The third kappa shape index (κ3) is 3.22. The number of rotatable bonds is 5. The second-order valence-corrected chi connectivity index (χ2v) is 7.20. The highest BCUT2D eigenvalue weighted by Gasteiger charge is 2.49. The summed E-state index contributed by atoms with van der Waals surface area (Å²) in [4.78, 5) is 24.8. The first kappa shape index (κ1) is 17.1. The number of hydrogen-bond donors (Lipinski definition) is 1. The number of carbonyl (C=O) groups excluding carboxylic acids is 2. The number of nitrogens with one attached hydrogen (secondary N) is 1. The number of aromatic nitrogens is 3. The number of fused-ring (bicyclic) bond motifs is 1. The predicted molar refractivity (Wildman–Crippen MR) is 89.8 cm³/mol. The van der Waals surface area contributed by atoms with Gasteiger partial charge >= 0.3 is 5.97 Å². The second kappa shape index (κ2) is 7.14. The van der Waals surface area contributed by atoms with Crippen LogP contribution in [-0.4, -0.2) is 65.4 Å². The van der Waals surface area contributed by atoms with E-state index in [-0.39, 0.29) is 35.9 Å². The highest BCUT2D eigenvalue weighted by Crippen LogP contribution is 2.34. The average molecular weight is 378 g/mol. The Hall–Kier alpha value is -2.30. The number of thiophene rings is 1. The molecule has 0 radical (unpaired) electrons. The summed E-state index contributed by atoms with van der Waals surface area (Å²) in [5.74, 6) is -0.597. The highest BCUT2D eigenvalue weighted by molar-refractivity contribution is 7.10. The smallest absolute Gasteiger partial charge is 0.360 e. The maximum absolute atomic E-state index is 12.2. The van der Waals surface area contributed by atoms with Gasteiger partial charge in [-0.25, -0.2) is 9.48 Å². The predicted octanol–water partition coefficient (Wildman–Crippen LogP) is 0.192. The lowest BCUT2D eigenvalue weighted by molar-refractivity contribution is -0.121. The van der Waals surface area contributed by atoms with E-state index in [4.69, 9.17) is 9.47 Å². The Morgan fingerprint density at radius 3 is 3.00 bits per heavy atom. The molecule has 2 fully saturated rings. The molecular formula is C16H18N4O5S. The molecule has 4 rings (SSSR count). The number of carbonyl (C=O) groups is 2. The van der Waals surface area contributed by atoms with Gasteiger partial charge in [0.05, 0.1) is 39.0 Å². The number of esters is 1. The molecule has 2 aromatic heterocycles.